The van der Waals surface area contributed by atoms with Crippen LogP contribution in [0.1, 0.15) is 24.0 Å². The molecule has 0 saturated heterocycles. The molecule has 0 amide bonds. The van der Waals surface area contributed by atoms with Crippen LogP contribution < -0.4 is 5.73 Å². The predicted octanol–water partition coefficient (Wildman–Crippen LogP) is 2.50. The molecular formula is C12H14FN. The molecule has 2 heteroatoms. The van der Waals surface area contributed by atoms with Gasteiger partial charge in [-0.1, -0.05) is 17.7 Å². The lowest BCUT2D eigenvalue weighted by Gasteiger charge is -2.15. The van der Waals surface area contributed by atoms with Gasteiger partial charge in [-0.25, -0.2) is 4.39 Å². The van der Waals surface area contributed by atoms with Gasteiger partial charge in [-0.3, -0.25) is 0 Å². The maximum atomic E-state index is 13.0. The molecule has 0 aromatic heterocycles. The van der Waals surface area contributed by atoms with E-state index in [1.165, 1.54) is 17.2 Å². The molecule has 0 radical (unpaired) electrons. The van der Waals surface area contributed by atoms with E-state index in [1.807, 2.05) is 6.07 Å². The van der Waals surface area contributed by atoms with E-state index in [4.69, 9.17) is 5.73 Å². The van der Waals surface area contributed by atoms with E-state index in [0.717, 1.165) is 24.8 Å². The third-order valence-electron chi connectivity index (χ3n) is 2.65. The maximum Gasteiger partial charge on any atom is 0.123 e. The molecule has 0 saturated carbocycles. The Morgan fingerprint density at radius 2 is 2.14 bits per heavy atom. The Balaban J connectivity index is 2.32. The summed E-state index contributed by atoms with van der Waals surface area (Å²) in [6.07, 6.45) is 5.09. The molecule has 74 valence electrons. The van der Waals surface area contributed by atoms with Crippen molar-refractivity contribution in [3.05, 3.63) is 40.7 Å². The van der Waals surface area contributed by atoms with E-state index in [-0.39, 0.29) is 5.82 Å². The lowest BCUT2D eigenvalue weighted by molar-refractivity contribution is 0.626. The Morgan fingerprint density at radius 1 is 1.29 bits per heavy atom. The minimum absolute atomic E-state index is 0.158. The fraction of sp³-hybridized carbons (Fsp3) is 0.333. The van der Waals surface area contributed by atoms with Gasteiger partial charge in [-0.2, -0.15) is 0 Å². The number of benzene rings is 1. The standard InChI is InChI=1S/C12H14FN/c13-12-4-3-10-2-1-9(5-6-14)7-11(10)8-12/h3-4,7-8H,1-2,5-6,14H2. The number of nitrogens with two attached hydrogens (primary N) is 1. The van der Waals surface area contributed by atoms with Crippen LogP contribution >= 0.6 is 0 Å². The minimum Gasteiger partial charge on any atom is -0.330 e. The fourth-order valence-corrected chi connectivity index (χ4v) is 1.90. The third-order valence-corrected chi connectivity index (χ3v) is 2.65. The van der Waals surface area contributed by atoms with Crippen LogP contribution in [-0.4, -0.2) is 6.54 Å². The Morgan fingerprint density at radius 3 is 2.93 bits per heavy atom. The summed E-state index contributed by atoms with van der Waals surface area (Å²) < 4.78 is 13.0. The summed E-state index contributed by atoms with van der Waals surface area (Å²) in [5, 5.41) is 0. The van der Waals surface area contributed by atoms with Crippen LogP contribution in [0.25, 0.3) is 6.08 Å². The van der Waals surface area contributed by atoms with Gasteiger partial charge in [0, 0.05) is 0 Å². The lowest BCUT2D eigenvalue weighted by atomic mass is 9.91. The van der Waals surface area contributed by atoms with Crippen molar-refractivity contribution in [1.82, 2.24) is 0 Å². The van der Waals surface area contributed by atoms with Crippen LogP contribution in [0.2, 0.25) is 0 Å². The van der Waals surface area contributed by atoms with Crippen molar-refractivity contribution in [2.24, 2.45) is 5.73 Å². The molecule has 0 heterocycles. The van der Waals surface area contributed by atoms with Gasteiger partial charge in [0.2, 0.25) is 0 Å². The molecule has 0 unspecified atom stereocenters. The Hall–Kier alpha value is -1.15. The number of halogens is 1. The molecular weight excluding hydrogens is 177 g/mol. The normalized spacial score (nSPS) is 14.9. The summed E-state index contributed by atoms with van der Waals surface area (Å²) in [6.45, 7) is 0.677. The third kappa shape index (κ3) is 1.85. The molecule has 1 aliphatic carbocycles. The molecule has 1 aromatic rings. The van der Waals surface area contributed by atoms with Crippen LogP contribution in [0.15, 0.2) is 23.8 Å². The van der Waals surface area contributed by atoms with Gasteiger partial charge in [-0.05, 0) is 49.1 Å². The molecule has 0 bridgehead atoms. The van der Waals surface area contributed by atoms with Crippen LogP contribution in [0.5, 0.6) is 0 Å². The summed E-state index contributed by atoms with van der Waals surface area (Å²) >= 11 is 0. The van der Waals surface area contributed by atoms with Crippen LogP contribution in [-0.2, 0) is 6.42 Å². The molecule has 1 nitrogen and oxygen atoms in total. The molecule has 1 aliphatic rings. The van der Waals surface area contributed by atoms with Crippen LogP contribution in [0.4, 0.5) is 4.39 Å². The summed E-state index contributed by atoms with van der Waals surface area (Å²) in [7, 11) is 0. The van der Waals surface area contributed by atoms with Crippen molar-refractivity contribution in [2.75, 3.05) is 6.54 Å². The molecule has 0 spiro atoms. The van der Waals surface area contributed by atoms with E-state index < -0.39 is 0 Å². The zero-order valence-electron chi connectivity index (χ0n) is 8.09. The summed E-state index contributed by atoms with van der Waals surface area (Å²) in [5.41, 5.74) is 9.10. The van der Waals surface area contributed by atoms with Gasteiger partial charge in [0.05, 0.1) is 0 Å². The van der Waals surface area contributed by atoms with E-state index in [9.17, 15) is 4.39 Å². The first-order valence-corrected chi connectivity index (χ1v) is 4.97. The molecule has 1 aromatic carbocycles. The predicted molar refractivity (Wildman–Crippen MR) is 56.4 cm³/mol. The highest BCUT2D eigenvalue weighted by Crippen LogP contribution is 2.25. The van der Waals surface area contributed by atoms with E-state index in [2.05, 4.69) is 6.08 Å². The largest absolute Gasteiger partial charge is 0.330 e. The summed E-state index contributed by atoms with van der Waals surface area (Å²) in [5.74, 6) is -0.158. The van der Waals surface area contributed by atoms with Gasteiger partial charge in [0.25, 0.3) is 0 Å². The Labute approximate surface area is 83.4 Å². The highest BCUT2D eigenvalue weighted by molar-refractivity contribution is 5.59. The Kier molecular flexibility index (Phi) is 2.64. The SMILES string of the molecule is NCCC1=Cc2cc(F)ccc2CC1. The van der Waals surface area contributed by atoms with Crippen molar-refractivity contribution < 1.29 is 4.39 Å². The van der Waals surface area contributed by atoms with Gasteiger partial charge in [0.15, 0.2) is 0 Å². The van der Waals surface area contributed by atoms with Crippen LogP contribution in [0.3, 0.4) is 0 Å². The summed E-state index contributed by atoms with van der Waals surface area (Å²) in [6, 6.07) is 5.01. The van der Waals surface area contributed by atoms with Crippen molar-refractivity contribution in [1.29, 1.82) is 0 Å². The monoisotopic (exact) mass is 191 g/mol. The highest BCUT2D eigenvalue weighted by atomic mass is 19.1. The van der Waals surface area contributed by atoms with Gasteiger partial charge < -0.3 is 5.73 Å². The fourth-order valence-electron chi connectivity index (χ4n) is 1.90. The first-order valence-electron chi connectivity index (χ1n) is 4.97. The average Bonchev–Trinajstić information content (AvgIpc) is 2.17. The molecule has 2 rings (SSSR count). The van der Waals surface area contributed by atoms with Crippen molar-refractivity contribution in [3.63, 3.8) is 0 Å². The van der Waals surface area contributed by atoms with Gasteiger partial charge in [-0.15, -0.1) is 0 Å². The molecule has 0 atom stereocenters. The van der Waals surface area contributed by atoms with Crippen molar-refractivity contribution >= 4 is 6.08 Å². The Bertz CT molecular complexity index is 369. The minimum atomic E-state index is -0.158. The molecule has 14 heavy (non-hydrogen) atoms. The zero-order chi connectivity index (χ0) is 9.97. The zero-order valence-corrected chi connectivity index (χ0v) is 8.09. The highest BCUT2D eigenvalue weighted by Gasteiger charge is 2.10. The number of fused-ring (bicyclic) bond motifs is 1. The topological polar surface area (TPSA) is 26.0 Å². The van der Waals surface area contributed by atoms with E-state index in [1.54, 1.807) is 6.07 Å². The van der Waals surface area contributed by atoms with E-state index in [0.29, 0.717) is 6.54 Å². The first-order chi connectivity index (χ1) is 6.79. The second-order valence-electron chi connectivity index (χ2n) is 3.68. The van der Waals surface area contributed by atoms with E-state index >= 15 is 0 Å². The average molecular weight is 191 g/mol. The number of rotatable bonds is 2. The first kappa shape index (κ1) is 9.41. The van der Waals surface area contributed by atoms with Gasteiger partial charge in [0.1, 0.15) is 5.82 Å². The smallest absolute Gasteiger partial charge is 0.123 e. The molecule has 2 N–H and O–H groups in total. The number of hydrogen-bond donors (Lipinski definition) is 1. The second kappa shape index (κ2) is 3.93. The lowest BCUT2D eigenvalue weighted by Crippen LogP contribution is -2.05. The molecule has 0 aliphatic heterocycles. The quantitative estimate of drug-likeness (QED) is 0.763. The van der Waals surface area contributed by atoms with Crippen molar-refractivity contribution in [3.8, 4) is 0 Å². The van der Waals surface area contributed by atoms with Gasteiger partial charge >= 0.3 is 0 Å². The maximum absolute atomic E-state index is 13.0. The number of hydrogen-bond acceptors (Lipinski definition) is 1. The number of aryl methyl sites for hydroxylation is 1. The second-order valence-corrected chi connectivity index (χ2v) is 3.68. The van der Waals surface area contributed by atoms with Crippen molar-refractivity contribution in [2.45, 2.75) is 19.3 Å². The van der Waals surface area contributed by atoms with Crippen LogP contribution in [0, 0.1) is 5.82 Å². The molecule has 0 fully saturated rings. The summed E-state index contributed by atoms with van der Waals surface area (Å²) in [4.78, 5) is 0.